The monoisotopic (exact) mass is 969 g/mol. The summed E-state index contributed by atoms with van der Waals surface area (Å²) in [4.78, 5) is 15.2. The number of hydrogen-bond acceptors (Lipinski definition) is 3. The smallest absolute Gasteiger partial charge is 0.164 e. The van der Waals surface area contributed by atoms with E-state index in [-0.39, 0.29) is 0 Å². The topological polar surface area (TPSA) is 38.7 Å². The number of benzene rings is 11. The van der Waals surface area contributed by atoms with E-state index in [0.29, 0.717) is 17.5 Å². The molecular weight excluding hydrogens is 919 g/mol. The lowest BCUT2D eigenvalue weighted by Gasteiger charge is -2.18. The van der Waals surface area contributed by atoms with Crippen molar-refractivity contribution in [3.8, 4) is 56.4 Å². The molecule has 0 fully saturated rings. The molecule has 0 N–H and O–H groups in total. The van der Waals surface area contributed by atoms with Gasteiger partial charge >= 0.3 is 0 Å². The van der Waals surface area contributed by atoms with Gasteiger partial charge in [-0.2, -0.15) is 0 Å². The van der Waals surface area contributed by atoms with Crippen molar-refractivity contribution in [3.63, 3.8) is 0 Å². The number of nitrogens with zero attached hydrogens (tertiary/aromatic N) is 3. The van der Waals surface area contributed by atoms with E-state index in [2.05, 4.69) is 279 Å². The molecule has 1 heterocycles. The SMILES string of the molecule is c1ccc(C(=C(c2ccccc2)c2ccc(-c3ccc(-c4nc(-c5ccccc5)nc(-c5ccc(-c6ccc(C(=C(c7ccccc7)c7ccccc7)c7ccccc7)cc6)cc5)n4)cc3)cc2)c2ccccc2)cc1. The van der Waals surface area contributed by atoms with Crippen molar-refractivity contribution < 1.29 is 0 Å². The van der Waals surface area contributed by atoms with Crippen LogP contribution < -0.4 is 0 Å². The van der Waals surface area contributed by atoms with E-state index in [1.165, 1.54) is 55.7 Å². The van der Waals surface area contributed by atoms with Crippen LogP contribution in [0.5, 0.6) is 0 Å². The third-order valence-corrected chi connectivity index (χ3v) is 13.8. The van der Waals surface area contributed by atoms with E-state index >= 15 is 0 Å². The van der Waals surface area contributed by atoms with E-state index in [9.17, 15) is 0 Å². The summed E-state index contributed by atoms with van der Waals surface area (Å²) in [6.07, 6.45) is 0. The first-order valence-corrected chi connectivity index (χ1v) is 25.8. The Kier molecular flexibility index (Phi) is 13.6. The van der Waals surface area contributed by atoms with E-state index in [4.69, 9.17) is 15.0 Å². The van der Waals surface area contributed by atoms with Crippen LogP contribution in [-0.4, -0.2) is 15.0 Å². The molecule has 11 aromatic carbocycles. The second-order valence-electron chi connectivity index (χ2n) is 18.7. The van der Waals surface area contributed by atoms with E-state index in [0.717, 1.165) is 50.1 Å². The third kappa shape index (κ3) is 10.1. The van der Waals surface area contributed by atoms with Crippen LogP contribution in [0.2, 0.25) is 0 Å². The van der Waals surface area contributed by atoms with E-state index < -0.39 is 0 Å². The molecule has 0 bridgehead atoms. The Hall–Kier alpha value is -10.1. The molecule has 76 heavy (non-hydrogen) atoms. The molecule has 0 aliphatic heterocycles. The highest BCUT2D eigenvalue weighted by Crippen LogP contribution is 2.40. The Morgan fingerprint density at radius 2 is 0.303 bits per heavy atom. The Morgan fingerprint density at radius 1 is 0.145 bits per heavy atom. The molecule has 0 unspecified atom stereocenters. The quantitative estimate of drug-likeness (QED) is 0.108. The minimum atomic E-state index is 0.616. The van der Waals surface area contributed by atoms with Gasteiger partial charge in [0.15, 0.2) is 17.5 Å². The predicted molar refractivity (Wildman–Crippen MR) is 316 cm³/mol. The van der Waals surface area contributed by atoms with Crippen molar-refractivity contribution in [1.82, 2.24) is 15.0 Å². The van der Waals surface area contributed by atoms with E-state index in [1.807, 2.05) is 30.3 Å². The zero-order valence-electron chi connectivity index (χ0n) is 41.8. The largest absolute Gasteiger partial charge is 0.208 e. The highest BCUT2D eigenvalue weighted by atomic mass is 15.0. The number of aromatic nitrogens is 3. The van der Waals surface area contributed by atoms with Crippen LogP contribution in [0.15, 0.2) is 309 Å². The van der Waals surface area contributed by atoms with E-state index in [1.54, 1.807) is 0 Å². The van der Waals surface area contributed by atoms with Crippen molar-refractivity contribution in [2.24, 2.45) is 0 Å². The zero-order valence-corrected chi connectivity index (χ0v) is 41.8. The number of hydrogen-bond donors (Lipinski definition) is 0. The van der Waals surface area contributed by atoms with Gasteiger partial charge in [-0.1, -0.05) is 309 Å². The standard InChI is InChI=1S/C73H51N3/c1-8-22-56(23-9-1)67(57-24-10-2-11-25-57)69(60-30-16-5-17-31-60)62-44-36-52(37-45-62)54-40-48-65(49-41-54)72-74-71(64-34-20-7-21-35-64)75-73(76-72)66-50-42-55(43-51-66)53-38-46-63(47-39-53)70(61-32-18-6-19-33-61)68(58-26-12-3-13-27-58)59-28-14-4-15-29-59/h1-51H. The van der Waals surface area contributed by atoms with Crippen LogP contribution in [0.3, 0.4) is 0 Å². The van der Waals surface area contributed by atoms with Gasteiger partial charge in [-0.05, 0) is 89.1 Å². The summed E-state index contributed by atoms with van der Waals surface area (Å²) >= 11 is 0. The molecule has 1 aromatic heterocycles. The van der Waals surface area contributed by atoms with Gasteiger partial charge < -0.3 is 0 Å². The molecule has 12 rings (SSSR count). The van der Waals surface area contributed by atoms with Gasteiger partial charge in [0.25, 0.3) is 0 Å². The molecule has 0 amide bonds. The molecule has 0 atom stereocenters. The molecular formula is C73H51N3. The summed E-state index contributed by atoms with van der Waals surface area (Å²) in [6.45, 7) is 0. The average molecular weight is 970 g/mol. The predicted octanol–water partition coefficient (Wildman–Crippen LogP) is 18.2. The first-order valence-electron chi connectivity index (χ1n) is 25.8. The Morgan fingerprint density at radius 3 is 0.526 bits per heavy atom. The maximum atomic E-state index is 5.12. The zero-order chi connectivity index (χ0) is 50.9. The maximum Gasteiger partial charge on any atom is 0.164 e. The summed E-state index contributed by atoms with van der Waals surface area (Å²) in [5.41, 5.74) is 21.3. The lowest BCUT2D eigenvalue weighted by molar-refractivity contribution is 1.07. The minimum absolute atomic E-state index is 0.616. The van der Waals surface area contributed by atoms with Gasteiger partial charge in [0, 0.05) is 16.7 Å². The fourth-order valence-corrected chi connectivity index (χ4v) is 10.1. The molecule has 0 aliphatic carbocycles. The van der Waals surface area contributed by atoms with Gasteiger partial charge in [0.2, 0.25) is 0 Å². The summed E-state index contributed by atoms with van der Waals surface area (Å²) in [5.74, 6) is 1.86. The van der Waals surface area contributed by atoms with Crippen LogP contribution >= 0.6 is 0 Å². The second-order valence-corrected chi connectivity index (χ2v) is 18.7. The molecule has 0 saturated carbocycles. The van der Waals surface area contributed by atoms with Gasteiger partial charge in [-0.15, -0.1) is 0 Å². The van der Waals surface area contributed by atoms with Crippen molar-refractivity contribution in [2.75, 3.05) is 0 Å². The molecule has 0 spiro atoms. The molecule has 3 nitrogen and oxygen atoms in total. The first kappa shape index (κ1) is 46.9. The fourth-order valence-electron chi connectivity index (χ4n) is 10.1. The maximum absolute atomic E-state index is 5.12. The lowest BCUT2D eigenvalue weighted by atomic mass is 9.85. The first-order chi connectivity index (χ1) is 37.7. The van der Waals surface area contributed by atoms with Gasteiger partial charge in [0.1, 0.15) is 0 Å². The highest BCUT2D eigenvalue weighted by molar-refractivity contribution is 6.06. The van der Waals surface area contributed by atoms with Gasteiger partial charge in [-0.25, -0.2) is 15.0 Å². The van der Waals surface area contributed by atoms with Crippen LogP contribution in [0.1, 0.15) is 44.5 Å². The average Bonchev–Trinajstić information content (AvgIpc) is 3.52. The Labute approximate surface area is 445 Å². The summed E-state index contributed by atoms with van der Waals surface area (Å²) in [5, 5.41) is 0. The molecule has 358 valence electrons. The van der Waals surface area contributed by atoms with Crippen LogP contribution in [-0.2, 0) is 0 Å². The van der Waals surface area contributed by atoms with Gasteiger partial charge in [0.05, 0.1) is 0 Å². The second kappa shape index (κ2) is 21.9. The van der Waals surface area contributed by atoms with Crippen molar-refractivity contribution in [3.05, 3.63) is 354 Å². The molecule has 12 aromatic rings. The fraction of sp³-hybridized carbons (Fsp3) is 0. The summed E-state index contributed by atoms with van der Waals surface area (Å²) < 4.78 is 0. The molecule has 0 radical (unpaired) electrons. The normalized spacial score (nSPS) is 10.9. The molecule has 0 saturated heterocycles. The number of rotatable bonds is 13. The Bertz CT molecular complexity index is 3590. The van der Waals surface area contributed by atoms with Gasteiger partial charge in [-0.3, -0.25) is 0 Å². The van der Waals surface area contributed by atoms with Crippen LogP contribution in [0.4, 0.5) is 0 Å². The van der Waals surface area contributed by atoms with Crippen LogP contribution in [0, 0.1) is 0 Å². The summed E-state index contributed by atoms with van der Waals surface area (Å²) in [6, 6.07) is 109. The highest BCUT2D eigenvalue weighted by Gasteiger charge is 2.19. The third-order valence-electron chi connectivity index (χ3n) is 13.8. The van der Waals surface area contributed by atoms with Crippen molar-refractivity contribution >= 4 is 22.3 Å². The lowest BCUT2D eigenvalue weighted by Crippen LogP contribution is -2.00. The van der Waals surface area contributed by atoms with Crippen LogP contribution in [0.25, 0.3) is 78.7 Å². The minimum Gasteiger partial charge on any atom is -0.208 e. The van der Waals surface area contributed by atoms with Crippen molar-refractivity contribution in [2.45, 2.75) is 0 Å². The summed E-state index contributed by atoms with van der Waals surface area (Å²) in [7, 11) is 0. The Balaban J connectivity index is 0.853. The molecule has 3 heteroatoms. The van der Waals surface area contributed by atoms with Crippen molar-refractivity contribution in [1.29, 1.82) is 0 Å². The molecule has 0 aliphatic rings.